The number of benzene rings is 1. The number of hydrogen-bond acceptors (Lipinski definition) is 12. The van der Waals surface area contributed by atoms with Crippen LogP contribution in [0.1, 0.15) is 93.6 Å². The van der Waals surface area contributed by atoms with Crippen LogP contribution in [0.25, 0.3) is 0 Å². The number of aliphatic carboxylic acids is 1. The van der Waals surface area contributed by atoms with E-state index < -0.39 is 54.8 Å². The fourth-order valence-electron chi connectivity index (χ4n) is 6.23. The number of hydrazine groups is 1. The van der Waals surface area contributed by atoms with E-state index in [-0.39, 0.29) is 56.2 Å². The van der Waals surface area contributed by atoms with Gasteiger partial charge >= 0.3 is 13.1 Å². The van der Waals surface area contributed by atoms with Gasteiger partial charge in [0.1, 0.15) is 17.9 Å². The molecule has 0 saturated carbocycles. The van der Waals surface area contributed by atoms with Crippen molar-refractivity contribution in [2.24, 2.45) is 11.7 Å². The number of aromatic nitrogens is 2. The first-order valence-corrected chi connectivity index (χ1v) is 18.9. The number of ketones is 1. The van der Waals surface area contributed by atoms with Crippen molar-refractivity contribution < 1.29 is 48.7 Å². The zero-order valence-corrected chi connectivity index (χ0v) is 31.6. The van der Waals surface area contributed by atoms with Gasteiger partial charge in [-0.3, -0.25) is 39.6 Å². The summed E-state index contributed by atoms with van der Waals surface area (Å²) in [4.78, 5) is 94.8. The second kappa shape index (κ2) is 23.6. The lowest BCUT2D eigenvalue weighted by atomic mass is 9.78. The SMILES string of the molecule is C[C@@H](NC(=O)c1ccc(NNC(=O)CCCCCC(=O)NCCCCC(NC(=O)C(CC(=O)CN)Cc2c[nH]cn2)C(=O)O)cc1)C(=O)N1CCC[C@H]1B(O)O. The van der Waals surface area contributed by atoms with Gasteiger partial charge in [-0.15, -0.1) is 0 Å². The van der Waals surface area contributed by atoms with Crippen LogP contribution < -0.4 is 32.5 Å². The van der Waals surface area contributed by atoms with Crippen LogP contribution in [0.2, 0.25) is 0 Å². The Morgan fingerprint density at radius 3 is 2.34 bits per heavy atom. The number of hydrogen-bond donors (Lipinski definition) is 10. The summed E-state index contributed by atoms with van der Waals surface area (Å²) in [6, 6.07) is 4.23. The standard InChI is InChI=1S/C36H54BN9O10/c1-23(35(52)46-17-7-9-30(46)37(55)56)42-33(50)24-12-14-26(15-13-24)44-45-32(49)11-4-2-3-10-31(48)40-16-6-5-8-29(36(53)54)43-34(51)25(19-28(47)20-38)18-27-21-39-22-41-27/h12-15,21-23,25,29-30,44,55-56H,2-11,16-20,38H2,1H3,(H,39,41)(H,40,48)(H,42,50)(H,43,51)(H,45,49)(H,53,54)/t23-,25?,29?,30+/m1/s1. The monoisotopic (exact) mass is 783 g/mol. The molecule has 306 valence electrons. The van der Waals surface area contributed by atoms with Crippen LogP contribution in [0.15, 0.2) is 36.8 Å². The summed E-state index contributed by atoms with van der Waals surface area (Å²) >= 11 is 0. The number of likely N-dealkylation sites (tertiary alicyclic amines) is 1. The van der Waals surface area contributed by atoms with Crippen molar-refractivity contribution >= 4 is 54.1 Å². The van der Waals surface area contributed by atoms with E-state index in [1.165, 1.54) is 30.3 Å². The molecule has 3 rings (SSSR count). The number of carbonyl (C=O) groups is 7. The zero-order valence-electron chi connectivity index (χ0n) is 31.6. The van der Waals surface area contributed by atoms with Gasteiger partial charge < -0.3 is 46.7 Å². The average Bonchev–Trinajstić information content (AvgIpc) is 3.89. The molecule has 1 aromatic heterocycles. The van der Waals surface area contributed by atoms with Crippen molar-refractivity contribution in [3.05, 3.63) is 48.0 Å². The molecule has 0 aliphatic carbocycles. The Hall–Kier alpha value is -5.34. The smallest absolute Gasteiger partial charge is 0.475 e. The topological polar surface area (TPSA) is 298 Å². The summed E-state index contributed by atoms with van der Waals surface area (Å²) in [5.41, 5.74) is 12.2. The first-order chi connectivity index (χ1) is 26.8. The largest absolute Gasteiger partial charge is 0.480 e. The Morgan fingerprint density at radius 2 is 1.70 bits per heavy atom. The minimum absolute atomic E-state index is 0.132. The molecule has 56 heavy (non-hydrogen) atoms. The van der Waals surface area contributed by atoms with Crippen molar-refractivity contribution in [1.82, 2.24) is 36.2 Å². The number of anilines is 1. The third-order valence-corrected chi connectivity index (χ3v) is 9.38. The van der Waals surface area contributed by atoms with E-state index >= 15 is 0 Å². The molecular formula is C36H54BN9O10. The second-order valence-corrected chi connectivity index (χ2v) is 13.8. The normalized spacial score (nSPS) is 15.2. The van der Waals surface area contributed by atoms with Gasteiger partial charge in [-0.25, -0.2) is 9.78 Å². The maximum Gasteiger partial charge on any atom is 0.475 e. The third-order valence-electron chi connectivity index (χ3n) is 9.38. The van der Waals surface area contributed by atoms with E-state index in [0.29, 0.717) is 75.0 Å². The minimum atomic E-state index is -1.64. The zero-order chi connectivity index (χ0) is 41.0. The Morgan fingerprint density at radius 1 is 0.982 bits per heavy atom. The summed E-state index contributed by atoms with van der Waals surface area (Å²) in [5.74, 6) is -4.90. The molecule has 20 heteroatoms. The summed E-state index contributed by atoms with van der Waals surface area (Å²) in [7, 11) is -1.64. The second-order valence-electron chi connectivity index (χ2n) is 13.8. The van der Waals surface area contributed by atoms with Crippen molar-refractivity contribution in [3.63, 3.8) is 0 Å². The average molecular weight is 784 g/mol. The number of imidazole rings is 1. The molecule has 1 saturated heterocycles. The summed E-state index contributed by atoms with van der Waals surface area (Å²) in [6.07, 6.45) is 7.49. The third kappa shape index (κ3) is 15.4. The molecule has 5 amide bonds. The number of aromatic amines is 1. The van der Waals surface area contributed by atoms with Crippen LogP contribution in [0.5, 0.6) is 0 Å². The molecule has 11 N–H and O–H groups in total. The molecule has 1 aliphatic heterocycles. The number of nitrogens with two attached hydrogens (primary N) is 1. The van der Waals surface area contributed by atoms with Gasteiger partial charge in [0.25, 0.3) is 5.91 Å². The molecule has 0 spiro atoms. The lowest BCUT2D eigenvalue weighted by Gasteiger charge is -2.27. The summed E-state index contributed by atoms with van der Waals surface area (Å²) in [6.45, 7) is 2.03. The molecular weight excluding hydrogens is 729 g/mol. The van der Waals surface area contributed by atoms with Crippen LogP contribution in [-0.4, -0.2) is 116 Å². The molecule has 1 aliphatic rings. The van der Waals surface area contributed by atoms with Gasteiger partial charge in [-0.2, -0.15) is 0 Å². The highest BCUT2D eigenvalue weighted by Crippen LogP contribution is 2.19. The molecule has 2 aromatic rings. The highest BCUT2D eigenvalue weighted by atomic mass is 16.4. The Bertz CT molecular complexity index is 1610. The van der Waals surface area contributed by atoms with Crippen LogP contribution in [0.4, 0.5) is 5.69 Å². The summed E-state index contributed by atoms with van der Waals surface area (Å²) < 4.78 is 0. The highest BCUT2D eigenvalue weighted by Gasteiger charge is 2.38. The summed E-state index contributed by atoms with van der Waals surface area (Å²) in [5, 5.41) is 36.6. The predicted octanol–water partition coefficient (Wildman–Crippen LogP) is -0.443. The number of carboxylic acids is 1. The molecule has 1 fully saturated rings. The number of nitrogens with one attached hydrogen (secondary N) is 6. The van der Waals surface area contributed by atoms with E-state index in [9.17, 15) is 48.7 Å². The van der Waals surface area contributed by atoms with E-state index in [0.717, 1.165) is 0 Å². The number of rotatable bonds is 25. The maximum absolute atomic E-state index is 12.9. The number of carboxylic acid groups (broad SMARTS) is 1. The van der Waals surface area contributed by atoms with E-state index in [4.69, 9.17) is 5.73 Å². The number of Topliss-reactive ketones (excluding diaryl/α,β-unsaturated/α-hetero) is 1. The van der Waals surface area contributed by atoms with Crippen molar-refractivity contribution in [2.45, 2.75) is 102 Å². The number of nitrogens with zero attached hydrogens (tertiary/aromatic N) is 2. The molecule has 2 unspecified atom stereocenters. The molecule has 0 bridgehead atoms. The first kappa shape index (κ1) is 45.1. The Balaban J connectivity index is 1.25. The molecule has 0 radical (unpaired) electrons. The van der Waals surface area contributed by atoms with Gasteiger partial charge in [0, 0.05) is 50.5 Å². The van der Waals surface area contributed by atoms with Crippen molar-refractivity contribution in [2.75, 3.05) is 25.1 Å². The lowest BCUT2D eigenvalue weighted by molar-refractivity contribution is -0.143. The van der Waals surface area contributed by atoms with Crippen molar-refractivity contribution in [1.29, 1.82) is 0 Å². The van der Waals surface area contributed by atoms with Gasteiger partial charge in [0.15, 0.2) is 0 Å². The first-order valence-electron chi connectivity index (χ1n) is 18.9. The fraction of sp³-hybridized carbons (Fsp3) is 0.556. The van der Waals surface area contributed by atoms with Gasteiger partial charge in [-0.1, -0.05) is 6.42 Å². The molecule has 1 aromatic carbocycles. The lowest BCUT2D eigenvalue weighted by Crippen LogP contribution is -2.52. The van der Waals surface area contributed by atoms with Crippen LogP contribution in [0.3, 0.4) is 0 Å². The molecule has 4 atom stereocenters. The quantitative estimate of drug-likeness (QED) is 0.0348. The fourth-order valence-corrected chi connectivity index (χ4v) is 6.23. The number of H-pyrrole nitrogens is 1. The van der Waals surface area contributed by atoms with Crippen LogP contribution in [-0.2, 0) is 35.2 Å². The number of carbonyl (C=O) groups excluding carboxylic acids is 6. The molecule has 2 heterocycles. The van der Waals surface area contributed by atoms with Crippen LogP contribution >= 0.6 is 0 Å². The number of unbranched alkanes of at least 4 members (excludes halogenated alkanes) is 3. The van der Waals surface area contributed by atoms with E-state index in [2.05, 4.69) is 36.8 Å². The Kier molecular flexibility index (Phi) is 19.0. The molecule has 19 nitrogen and oxygen atoms in total. The maximum atomic E-state index is 12.9. The van der Waals surface area contributed by atoms with Gasteiger partial charge in [0.2, 0.25) is 23.6 Å². The highest BCUT2D eigenvalue weighted by molar-refractivity contribution is 6.43. The Labute approximate surface area is 325 Å². The van der Waals surface area contributed by atoms with Gasteiger partial charge in [-0.05, 0) is 76.1 Å². The van der Waals surface area contributed by atoms with Crippen LogP contribution in [0, 0.1) is 5.92 Å². The number of amides is 5. The minimum Gasteiger partial charge on any atom is -0.480 e. The predicted molar refractivity (Wildman–Crippen MR) is 204 cm³/mol. The van der Waals surface area contributed by atoms with E-state index in [1.54, 1.807) is 18.3 Å². The van der Waals surface area contributed by atoms with Gasteiger partial charge in [0.05, 0.1) is 36.1 Å². The van der Waals surface area contributed by atoms with E-state index in [1.807, 2.05) is 0 Å². The van der Waals surface area contributed by atoms with Crippen molar-refractivity contribution in [3.8, 4) is 0 Å².